The number of fused-ring (bicyclic) bond motifs is 1. The van der Waals surface area contributed by atoms with E-state index in [0.29, 0.717) is 24.3 Å². The second kappa shape index (κ2) is 9.38. The van der Waals surface area contributed by atoms with Crippen LogP contribution in [0.3, 0.4) is 0 Å². The van der Waals surface area contributed by atoms with E-state index in [1.807, 2.05) is 25.4 Å². The highest BCUT2D eigenvalue weighted by molar-refractivity contribution is 5.93. The lowest BCUT2D eigenvalue weighted by molar-refractivity contribution is -0.118. The molecule has 5 heterocycles. The molecule has 9 nitrogen and oxygen atoms in total. The largest absolute Gasteiger partial charge is 0.310 e. The number of rotatable bonds is 5. The summed E-state index contributed by atoms with van der Waals surface area (Å²) < 4.78 is 16.5. The summed E-state index contributed by atoms with van der Waals surface area (Å²) in [5, 5.41) is 7.40. The van der Waals surface area contributed by atoms with Crippen molar-refractivity contribution in [1.29, 1.82) is 0 Å². The summed E-state index contributed by atoms with van der Waals surface area (Å²) in [7, 11) is 2.01. The number of anilines is 3. The van der Waals surface area contributed by atoms with Crippen molar-refractivity contribution in [3.05, 3.63) is 60.4 Å². The molecule has 35 heavy (non-hydrogen) atoms. The van der Waals surface area contributed by atoms with Crippen molar-refractivity contribution in [1.82, 2.24) is 29.5 Å². The molecular formula is C25H27FN8O. The Morgan fingerprint density at radius 2 is 1.91 bits per heavy atom. The normalized spacial score (nSPS) is 15.1. The van der Waals surface area contributed by atoms with Crippen LogP contribution in [0.15, 0.2) is 49.1 Å². The van der Waals surface area contributed by atoms with E-state index < -0.39 is 5.82 Å². The fourth-order valence-corrected chi connectivity index (χ4v) is 4.16. The van der Waals surface area contributed by atoms with Crippen LogP contribution in [-0.4, -0.2) is 62.1 Å². The van der Waals surface area contributed by atoms with Gasteiger partial charge in [0.15, 0.2) is 5.82 Å². The standard InChI is InChI=1S/C25H27FN8O/c1-16(2)19-14-29-34-9-6-17(12-21(19)34)24-20(26)15-28-25(31-24)30-22-5-4-18(13-27-22)33-11-10-32(3)8-7-23(33)35/h4-6,9,12-16H,7-8,10-11H2,1-3H3,(H,27,28,30,31). The Balaban J connectivity index is 1.38. The Kier molecular flexibility index (Phi) is 6.12. The van der Waals surface area contributed by atoms with Gasteiger partial charge in [0.05, 0.1) is 29.8 Å². The number of carbonyl (C=O) groups excluding carboxylic acids is 1. The Morgan fingerprint density at radius 3 is 2.69 bits per heavy atom. The molecule has 4 aromatic heterocycles. The lowest BCUT2D eigenvalue weighted by atomic mass is 10.0. The van der Waals surface area contributed by atoms with Gasteiger partial charge in [-0.25, -0.2) is 23.9 Å². The van der Waals surface area contributed by atoms with E-state index in [-0.39, 0.29) is 23.5 Å². The molecule has 1 saturated heterocycles. The summed E-state index contributed by atoms with van der Waals surface area (Å²) in [4.78, 5) is 29.3. The van der Waals surface area contributed by atoms with Crippen LogP contribution in [0.4, 0.5) is 21.8 Å². The third-order valence-electron chi connectivity index (χ3n) is 6.20. The van der Waals surface area contributed by atoms with E-state index in [0.717, 1.165) is 36.1 Å². The van der Waals surface area contributed by atoms with Crippen molar-refractivity contribution in [2.24, 2.45) is 0 Å². The maximum absolute atomic E-state index is 14.7. The lowest BCUT2D eigenvalue weighted by Crippen LogP contribution is -2.32. The summed E-state index contributed by atoms with van der Waals surface area (Å²) in [6, 6.07) is 7.27. The van der Waals surface area contributed by atoms with Crippen LogP contribution in [0.25, 0.3) is 16.8 Å². The Hall–Kier alpha value is -3.92. The van der Waals surface area contributed by atoms with Gasteiger partial charge in [-0.3, -0.25) is 4.79 Å². The predicted octanol–water partition coefficient (Wildman–Crippen LogP) is 3.86. The van der Waals surface area contributed by atoms with E-state index >= 15 is 0 Å². The summed E-state index contributed by atoms with van der Waals surface area (Å²) in [6.07, 6.45) is 6.91. The van der Waals surface area contributed by atoms with Crippen molar-refractivity contribution < 1.29 is 9.18 Å². The SMILES string of the molecule is CC(C)c1cnn2ccc(-c3nc(Nc4ccc(N5CCN(C)CCC5=O)cn4)ncc3F)cc12. The predicted molar refractivity (Wildman–Crippen MR) is 132 cm³/mol. The van der Waals surface area contributed by atoms with Gasteiger partial charge in [0.2, 0.25) is 11.9 Å². The minimum atomic E-state index is -0.515. The van der Waals surface area contributed by atoms with Crippen LogP contribution in [0, 0.1) is 5.82 Å². The number of pyridine rings is 2. The summed E-state index contributed by atoms with van der Waals surface area (Å²) in [5.74, 6) is 0.581. The van der Waals surface area contributed by atoms with Crippen LogP contribution in [-0.2, 0) is 4.79 Å². The Morgan fingerprint density at radius 1 is 1.06 bits per heavy atom. The fourth-order valence-electron chi connectivity index (χ4n) is 4.16. The molecule has 0 aliphatic carbocycles. The number of likely N-dealkylation sites (N-methyl/N-ethyl adjacent to an activating group) is 1. The quantitative estimate of drug-likeness (QED) is 0.470. The van der Waals surface area contributed by atoms with E-state index in [4.69, 9.17) is 0 Å². The molecule has 0 bridgehead atoms. The summed E-state index contributed by atoms with van der Waals surface area (Å²) in [6.45, 7) is 6.36. The molecule has 0 aromatic carbocycles. The van der Waals surface area contributed by atoms with Crippen molar-refractivity contribution in [2.45, 2.75) is 26.2 Å². The van der Waals surface area contributed by atoms with Crippen LogP contribution >= 0.6 is 0 Å². The molecule has 4 aromatic rings. The highest BCUT2D eigenvalue weighted by atomic mass is 19.1. The van der Waals surface area contributed by atoms with E-state index in [1.165, 1.54) is 0 Å². The number of carbonyl (C=O) groups is 1. The zero-order valence-electron chi connectivity index (χ0n) is 19.9. The maximum atomic E-state index is 14.7. The molecule has 1 aliphatic rings. The first-order valence-electron chi connectivity index (χ1n) is 11.6. The van der Waals surface area contributed by atoms with Gasteiger partial charge in [-0.1, -0.05) is 13.8 Å². The zero-order chi connectivity index (χ0) is 24.5. The molecule has 0 saturated carbocycles. The Bertz CT molecular complexity index is 1370. The van der Waals surface area contributed by atoms with Gasteiger partial charge in [-0.2, -0.15) is 5.10 Å². The molecule has 0 radical (unpaired) electrons. The van der Waals surface area contributed by atoms with E-state index in [1.54, 1.807) is 33.9 Å². The van der Waals surface area contributed by atoms with Gasteiger partial charge in [0.1, 0.15) is 11.5 Å². The number of hydrogen-bond donors (Lipinski definition) is 1. The van der Waals surface area contributed by atoms with Crippen molar-refractivity contribution >= 4 is 28.9 Å². The van der Waals surface area contributed by atoms with Gasteiger partial charge in [-0.15, -0.1) is 0 Å². The highest BCUT2D eigenvalue weighted by Crippen LogP contribution is 2.27. The second-order valence-corrected chi connectivity index (χ2v) is 9.02. The number of nitrogens with zero attached hydrogens (tertiary/aromatic N) is 7. The minimum absolute atomic E-state index is 0.0825. The van der Waals surface area contributed by atoms with Gasteiger partial charge >= 0.3 is 0 Å². The molecule has 5 rings (SSSR count). The first-order valence-corrected chi connectivity index (χ1v) is 11.6. The van der Waals surface area contributed by atoms with Crippen LogP contribution < -0.4 is 10.2 Å². The van der Waals surface area contributed by atoms with Gasteiger partial charge < -0.3 is 15.1 Å². The van der Waals surface area contributed by atoms with Crippen molar-refractivity contribution in [3.8, 4) is 11.3 Å². The molecular weight excluding hydrogens is 447 g/mol. The molecule has 180 valence electrons. The number of halogens is 1. The van der Waals surface area contributed by atoms with Gasteiger partial charge in [-0.05, 0) is 37.2 Å². The smallest absolute Gasteiger partial charge is 0.229 e. The molecule has 1 N–H and O–H groups in total. The van der Waals surface area contributed by atoms with Crippen molar-refractivity contribution in [2.75, 3.05) is 36.9 Å². The van der Waals surface area contributed by atoms with Gasteiger partial charge in [0, 0.05) is 43.4 Å². The second-order valence-electron chi connectivity index (χ2n) is 9.02. The molecule has 0 atom stereocenters. The van der Waals surface area contributed by atoms with E-state index in [9.17, 15) is 9.18 Å². The topological polar surface area (TPSA) is 91.6 Å². The van der Waals surface area contributed by atoms with Crippen LogP contribution in [0.1, 0.15) is 31.7 Å². The summed E-state index contributed by atoms with van der Waals surface area (Å²) in [5.41, 5.74) is 3.56. The number of aromatic nitrogens is 5. The van der Waals surface area contributed by atoms with Gasteiger partial charge in [0.25, 0.3) is 0 Å². The van der Waals surface area contributed by atoms with Crippen LogP contribution in [0.5, 0.6) is 0 Å². The Labute approximate surface area is 202 Å². The molecule has 0 spiro atoms. The fraction of sp³-hybridized carbons (Fsp3) is 0.320. The number of hydrogen-bond acceptors (Lipinski definition) is 7. The van der Waals surface area contributed by atoms with Crippen molar-refractivity contribution in [3.63, 3.8) is 0 Å². The van der Waals surface area contributed by atoms with Crippen LogP contribution in [0.2, 0.25) is 0 Å². The highest BCUT2D eigenvalue weighted by Gasteiger charge is 2.21. The number of amides is 1. The first kappa shape index (κ1) is 22.9. The average Bonchev–Trinajstić information content (AvgIpc) is 3.21. The zero-order valence-corrected chi connectivity index (χ0v) is 19.9. The monoisotopic (exact) mass is 474 g/mol. The lowest BCUT2D eigenvalue weighted by Gasteiger charge is -2.20. The molecule has 1 aliphatic heterocycles. The average molecular weight is 475 g/mol. The third kappa shape index (κ3) is 4.69. The summed E-state index contributed by atoms with van der Waals surface area (Å²) >= 11 is 0. The molecule has 10 heteroatoms. The maximum Gasteiger partial charge on any atom is 0.229 e. The molecule has 1 fully saturated rings. The first-order chi connectivity index (χ1) is 16.9. The van der Waals surface area contributed by atoms with E-state index in [2.05, 4.69) is 44.1 Å². The third-order valence-corrected chi connectivity index (χ3v) is 6.20. The minimum Gasteiger partial charge on any atom is -0.310 e. The molecule has 1 amide bonds. The molecule has 0 unspecified atom stereocenters. The number of nitrogens with one attached hydrogen (secondary N) is 1.